The van der Waals surface area contributed by atoms with Crippen molar-refractivity contribution in [2.45, 2.75) is 50.7 Å². The van der Waals surface area contributed by atoms with Gasteiger partial charge in [0.2, 0.25) is 5.91 Å². The fourth-order valence-corrected chi connectivity index (χ4v) is 4.25. The summed E-state index contributed by atoms with van der Waals surface area (Å²) in [5.41, 5.74) is 0.126. The second kappa shape index (κ2) is 1.96. The van der Waals surface area contributed by atoms with Crippen molar-refractivity contribution in [1.29, 1.82) is 0 Å². The van der Waals surface area contributed by atoms with E-state index in [1.165, 1.54) is 12.8 Å². The van der Waals surface area contributed by atoms with Gasteiger partial charge >= 0.3 is 0 Å². The van der Waals surface area contributed by atoms with Gasteiger partial charge in [0.15, 0.2) is 0 Å². The highest BCUT2D eigenvalue weighted by atomic mass is 19.1. The fourth-order valence-electron chi connectivity index (χ4n) is 4.25. The average Bonchev–Trinajstić information content (AvgIpc) is 2.98. The van der Waals surface area contributed by atoms with Gasteiger partial charge in [0.25, 0.3) is 0 Å². The lowest BCUT2D eigenvalue weighted by molar-refractivity contribution is -0.129. The van der Waals surface area contributed by atoms with Gasteiger partial charge in [-0.25, -0.2) is 4.39 Å². The molecule has 2 saturated carbocycles. The van der Waals surface area contributed by atoms with Crippen LogP contribution in [0.4, 0.5) is 4.39 Å². The molecule has 4 fully saturated rings. The van der Waals surface area contributed by atoms with Crippen LogP contribution in [0.2, 0.25) is 0 Å². The Morgan fingerprint density at radius 1 is 1.47 bits per heavy atom. The first-order valence-corrected chi connectivity index (χ1v) is 5.96. The van der Waals surface area contributed by atoms with E-state index in [-0.39, 0.29) is 22.3 Å². The van der Waals surface area contributed by atoms with E-state index in [2.05, 4.69) is 6.92 Å². The van der Waals surface area contributed by atoms with E-state index in [1.807, 2.05) is 4.90 Å². The molecule has 82 valence electrons. The number of hydrogen-bond donors (Lipinski definition) is 0. The Labute approximate surface area is 88.8 Å². The molecule has 0 aromatic heterocycles. The molecule has 2 saturated heterocycles. The first kappa shape index (κ1) is 8.54. The molecule has 0 unspecified atom stereocenters. The minimum atomic E-state index is -0.636. The molecule has 3 atom stereocenters. The molecule has 2 heterocycles. The molecule has 0 aromatic carbocycles. The molecule has 2 nitrogen and oxygen atoms in total. The van der Waals surface area contributed by atoms with E-state index in [0.29, 0.717) is 13.0 Å². The van der Waals surface area contributed by atoms with Gasteiger partial charge in [-0.15, -0.1) is 0 Å². The first-order valence-electron chi connectivity index (χ1n) is 5.96. The molecule has 0 radical (unpaired) electrons. The number of halogens is 1. The summed E-state index contributed by atoms with van der Waals surface area (Å²) in [6.07, 6.45) is 4.08. The van der Waals surface area contributed by atoms with Crippen molar-refractivity contribution in [3.05, 3.63) is 0 Å². The lowest BCUT2D eigenvalue weighted by Crippen LogP contribution is -2.42. The average molecular weight is 209 g/mol. The number of hydrogen-bond acceptors (Lipinski definition) is 1. The highest BCUT2D eigenvalue weighted by Crippen LogP contribution is 2.72. The summed E-state index contributed by atoms with van der Waals surface area (Å²) >= 11 is 0. The van der Waals surface area contributed by atoms with Crippen LogP contribution in [0.15, 0.2) is 0 Å². The molecule has 4 aliphatic rings. The maximum absolute atomic E-state index is 13.4. The van der Waals surface area contributed by atoms with E-state index >= 15 is 0 Å². The zero-order valence-corrected chi connectivity index (χ0v) is 9.05. The van der Waals surface area contributed by atoms with Crippen molar-refractivity contribution in [3.63, 3.8) is 0 Å². The molecule has 4 rings (SSSR count). The third-order valence-corrected chi connectivity index (χ3v) is 5.64. The monoisotopic (exact) mass is 209 g/mol. The normalized spacial score (nSPS) is 54.1. The summed E-state index contributed by atoms with van der Waals surface area (Å²) in [5, 5.41) is 0. The zero-order valence-electron chi connectivity index (χ0n) is 9.05. The Kier molecular flexibility index (Phi) is 1.12. The Balaban J connectivity index is 1.77. The number of fused-ring (bicyclic) bond motifs is 2. The molecule has 1 amide bonds. The number of rotatable bonds is 0. The van der Waals surface area contributed by atoms with Crippen LogP contribution in [0.1, 0.15) is 39.0 Å². The number of amides is 1. The third-order valence-electron chi connectivity index (χ3n) is 5.64. The largest absolute Gasteiger partial charge is 0.336 e. The lowest BCUT2D eigenvalue weighted by atomic mass is 9.79. The second-order valence-electron chi connectivity index (χ2n) is 6.42. The van der Waals surface area contributed by atoms with Gasteiger partial charge in [-0.1, -0.05) is 0 Å². The quantitative estimate of drug-likeness (QED) is 0.596. The summed E-state index contributed by atoms with van der Waals surface area (Å²) < 4.78 is 13.4. The minimum Gasteiger partial charge on any atom is -0.336 e. The predicted molar refractivity (Wildman–Crippen MR) is 53.0 cm³/mol. The maximum atomic E-state index is 13.4. The molecule has 0 bridgehead atoms. The second-order valence-corrected chi connectivity index (χ2v) is 6.42. The van der Waals surface area contributed by atoms with E-state index in [0.717, 1.165) is 12.8 Å². The Bertz CT molecular complexity index is 378. The summed E-state index contributed by atoms with van der Waals surface area (Å²) in [6, 6.07) is 0. The van der Waals surface area contributed by atoms with Gasteiger partial charge in [-0.3, -0.25) is 4.79 Å². The molecule has 15 heavy (non-hydrogen) atoms. The SMILES string of the molecule is C[C@]12C[C@@]3(C[C@H]3F)CN1C(=O)CC21CC1. The van der Waals surface area contributed by atoms with Gasteiger partial charge in [-0.2, -0.15) is 0 Å². The standard InChI is InChI=1S/C12H16FNO/c1-10-6-11(4-8(11)13)7-14(10)9(15)5-12(10)2-3-12/h8H,2-7H2,1H3/t8-,10-,11+/m1/s1. The van der Waals surface area contributed by atoms with Crippen LogP contribution in [-0.4, -0.2) is 29.1 Å². The number of carbonyl (C=O) groups excluding carboxylic acids is 1. The van der Waals surface area contributed by atoms with Crippen LogP contribution < -0.4 is 0 Å². The fraction of sp³-hybridized carbons (Fsp3) is 0.917. The minimum absolute atomic E-state index is 0.00488. The molecule has 3 heteroatoms. The molecule has 0 N–H and O–H groups in total. The van der Waals surface area contributed by atoms with Gasteiger partial charge in [0.1, 0.15) is 6.17 Å². The Morgan fingerprint density at radius 2 is 2.13 bits per heavy atom. The highest BCUT2D eigenvalue weighted by Gasteiger charge is 2.75. The van der Waals surface area contributed by atoms with Crippen molar-refractivity contribution in [1.82, 2.24) is 4.90 Å². The van der Waals surface area contributed by atoms with Gasteiger partial charge in [-0.05, 0) is 32.6 Å². The molecule has 2 aliphatic heterocycles. The van der Waals surface area contributed by atoms with Crippen LogP contribution >= 0.6 is 0 Å². The molecular formula is C12H16FNO. The summed E-state index contributed by atoms with van der Waals surface area (Å²) in [7, 11) is 0. The maximum Gasteiger partial charge on any atom is 0.223 e. The highest BCUT2D eigenvalue weighted by molar-refractivity contribution is 5.83. The molecular weight excluding hydrogens is 193 g/mol. The van der Waals surface area contributed by atoms with Crippen LogP contribution in [-0.2, 0) is 4.79 Å². The smallest absolute Gasteiger partial charge is 0.223 e. The van der Waals surface area contributed by atoms with E-state index in [1.54, 1.807) is 0 Å². The first-order chi connectivity index (χ1) is 7.02. The number of alkyl halides is 1. The Hall–Kier alpha value is -0.600. The lowest BCUT2D eigenvalue weighted by Gasteiger charge is -2.33. The van der Waals surface area contributed by atoms with E-state index in [4.69, 9.17) is 0 Å². The van der Waals surface area contributed by atoms with Crippen molar-refractivity contribution in [3.8, 4) is 0 Å². The van der Waals surface area contributed by atoms with Crippen LogP contribution in [0.25, 0.3) is 0 Å². The topological polar surface area (TPSA) is 20.3 Å². The molecule has 2 aliphatic carbocycles. The summed E-state index contributed by atoms with van der Waals surface area (Å²) in [6.45, 7) is 2.90. The van der Waals surface area contributed by atoms with Gasteiger partial charge in [0.05, 0.1) is 0 Å². The van der Waals surface area contributed by atoms with Crippen molar-refractivity contribution >= 4 is 5.91 Å². The molecule has 2 spiro atoms. The van der Waals surface area contributed by atoms with E-state index < -0.39 is 6.17 Å². The van der Waals surface area contributed by atoms with E-state index in [9.17, 15) is 9.18 Å². The third kappa shape index (κ3) is 0.743. The molecule has 0 aromatic rings. The predicted octanol–water partition coefficient (Wildman–Crippen LogP) is 1.89. The van der Waals surface area contributed by atoms with Crippen LogP contribution in [0.5, 0.6) is 0 Å². The van der Waals surface area contributed by atoms with Crippen molar-refractivity contribution in [2.24, 2.45) is 10.8 Å². The number of nitrogens with zero attached hydrogens (tertiary/aromatic N) is 1. The van der Waals surface area contributed by atoms with Gasteiger partial charge in [0, 0.05) is 29.3 Å². The van der Waals surface area contributed by atoms with Crippen LogP contribution in [0, 0.1) is 10.8 Å². The summed E-state index contributed by atoms with van der Waals surface area (Å²) in [5.74, 6) is 0.283. The zero-order chi connectivity index (χ0) is 10.5. The van der Waals surface area contributed by atoms with Crippen LogP contribution in [0.3, 0.4) is 0 Å². The number of carbonyl (C=O) groups is 1. The van der Waals surface area contributed by atoms with Crippen molar-refractivity contribution in [2.75, 3.05) is 6.54 Å². The Morgan fingerprint density at radius 3 is 2.67 bits per heavy atom. The van der Waals surface area contributed by atoms with Gasteiger partial charge < -0.3 is 4.90 Å². The van der Waals surface area contributed by atoms with Crippen molar-refractivity contribution < 1.29 is 9.18 Å². The summed E-state index contributed by atoms with van der Waals surface area (Å²) in [4.78, 5) is 14.0.